The van der Waals surface area contributed by atoms with Gasteiger partial charge in [0.2, 0.25) is 12.8 Å². The van der Waals surface area contributed by atoms with E-state index in [1.807, 2.05) is 0 Å². The van der Waals surface area contributed by atoms with Crippen molar-refractivity contribution in [3.05, 3.63) is 164 Å². The highest BCUT2D eigenvalue weighted by atomic mass is 16.3. The molecular weight excluding hydrogens is 572 g/mol. The maximum absolute atomic E-state index is 12.2. The van der Waals surface area contributed by atoms with Gasteiger partial charge in [0.25, 0.3) is 0 Å². The molecule has 6 nitrogen and oxygen atoms in total. The van der Waals surface area contributed by atoms with Crippen LogP contribution in [0.15, 0.2) is 97.1 Å². The topological polar surface area (TPSA) is 81.1 Å². The van der Waals surface area contributed by atoms with E-state index in [0.717, 1.165) is 35.1 Å². The maximum atomic E-state index is 12.2. The van der Waals surface area contributed by atoms with Crippen LogP contribution in [-0.4, -0.2) is 61.0 Å². The lowest BCUT2D eigenvalue weighted by atomic mass is 9.55. The molecule has 6 aliphatic rings. The first-order valence-electron chi connectivity index (χ1n) is 15.5. The second-order valence-corrected chi connectivity index (χ2v) is 12.7. The van der Waals surface area contributed by atoms with E-state index in [2.05, 4.69) is 97.1 Å². The van der Waals surface area contributed by atoms with Crippen LogP contribution in [0.1, 0.15) is 90.4 Å². The van der Waals surface area contributed by atoms with Crippen molar-refractivity contribution < 1.29 is 19.8 Å². The molecule has 5 aromatic carbocycles. The van der Waals surface area contributed by atoms with Crippen LogP contribution in [0.3, 0.4) is 0 Å². The summed E-state index contributed by atoms with van der Waals surface area (Å²) in [7, 11) is 6.75. The van der Waals surface area contributed by atoms with Crippen LogP contribution in [-0.2, 0) is 9.59 Å². The highest BCUT2D eigenvalue weighted by Gasteiger charge is 2.51. The Labute approximate surface area is 269 Å². The van der Waals surface area contributed by atoms with Crippen LogP contribution < -0.4 is 0 Å². The van der Waals surface area contributed by atoms with Crippen molar-refractivity contribution in [2.75, 3.05) is 28.2 Å². The fourth-order valence-corrected chi connectivity index (χ4v) is 8.03. The Balaban J connectivity index is 0.000000299. The maximum Gasteiger partial charge on any atom is 0.209 e. The van der Waals surface area contributed by atoms with E-state index in [-0.39, 0.29) is 23.7 Å². The van der Waals surface area contributed by atoms with Crippen molar-refractivity contribution >= 4 is 12.8 Å². The Kier molecular flexibility index (Phi) is 7.16. The van der Waals surface area contributed by atoms with Gasteiger partial charge in [-0.15, -0.1) is 0 Å². The largest absolute Gasteiger partial charge is 0.507 e. The molecule has 0 heterocycles. The summed E-state index contributed by atoms with van der Waals surface area (Å²) in [5.41, 5.74) is 13.5. The Hall–Kier alpha value is -5.36. The molecule has 0 fully saturated rings. The number of phenols is 2. The number of rotatable bonds is 2. The normalized spacial score (nSPS) is 19.2. The predicted octanol–water partition coefficient (Wildman–Crippen LogP) is 6.48. The minimum atomic E-state index is -0.0838. The standard InChI is InChI=1S/C34H22O2.2C3H7NO/c35-33-29-25-17-9-1-2-10-18(17)26(20-12-4-3-11-19(20)25)30(29)34(36)32-28-23-15-7-5-13-21(23)27(31(32)33)22-14-6-8-16-24(22)28;2*1-4(2)3-5/h1-16,25-28,35-36H;2*3H,1-2H3. The molecule has 0 saturated heterocycles. The SMILES string of the molecule is CN(C)C=O.CN(C)C=O.Oc1c2c(c(O)c3c1C1c4ccccc4C3c3ccccc31)C1c3ccccc3C2c2ccccc21. The molecule has 0 aliphatic heterocycles. The van der Waals surface area contributed by atoms with E-state index in [4.69, 9.17) is 0 Å². The van der Waals surface area contributed by atoms with Gasteiger partial charge in [0.15, 0.2) is 0 Å². The summed E-state index contributed by atoms with van der Waals surface area (Å²) in [5, 5.41) is 24.5. The molecule has 4 bridgehead atoms. The van der Waals surface area contributed by atoms with Crippen LogP contribution in [0.5, 0.6) is 11.5 Å². The Morgan fingerprint density at radius 2 is 0.565 bits per heavy atom. The van der Waals surface area contributed by atoms with Crippen molar-refractivity contribution in [2.45, 2.75) is 23.7 Å². The van der Waals surface area contributed by atoms with Gasteiger partial charge in [-0.25, -0.2) is 0 Å². The number of hydrogen-bond acceptors (Lipinski definition) is 4. The molecule has 6 heteroatoms. The third-order valence-corrected chi connectivity index (χ3v) is 9.65. The first kappa shape index (κ1) is 29.4. The van der Waals surface area contributed by atoms with E-state index in [1.54, 1.807) is 28.2 Å². The molecule has 46 heavy (non-hydrogen) atoms. The van der Waals surface area contributed by atoms with E-state index in [9.17, 15) is 19.8 Å². The first-order chi connectivity index (χ1) is 22.3. The minimum Gasteiger partial charge on any atom is -0.507 e. The molecular formula is C40H36N2O4. The second kappa shape index (κ2) is 11.2. The molecule has 0 aromatic heterocycles. The van der Waals surface area contributed by atoms with Gasteiger partial charge in [-0.1, -0.05) is 97.1 Å². The number of carbonyl (C=O) groups is 2. The number of amides is 2. The van der Waals surface area contributed by atoms with E-state index >= 15 is 0 Å². The lowest BCUT2D eigenvalue weighted by Crippen LogP contribution is -2.32. The highest BCUT2D eigenvalue weighted by Crippen LogP contribution is 2.67. The van der Waals surface area contributed by atoms with Crippen molar-refractivity contribution in [3.63, 3.8) is 0 Å². The fraction of sp³-hybridized carbons (Fsp3) is 0.200. The zero-order valence-corrected chi connectivity index (χ0v) is 26.3. The van der Waals surface area contributed by atoms with Gasteiger partial charge in [0, 0.05) is 74.1 Å². The van der Waals surface area contributed by atoms with Crippen LogP contribution >= 0.6 is 0 Å². The molecule has 2 N–H and O–H groups in total. The van der Waals surface area contributed by atoms with E-state index in [1.165, 1.54) is 54.3 Å². The second-order valence-electron chi connectivity index (χ2n) is 12.7. The van der Waals surface area contributed by atoms with Crippen LogP contribution in [0, 0.1) is 0 Å². The zero-order valence-electron chi connectivity index (χ0n) is 26.3. The number of nitrogens with zero attached hydrogens (tertiary/aromatic N) is 2. The van der Waals surface area contributed by atoms with Gasteiger partial charge in [0.05, 0.1) is 0 Å². The van der Waals surface area contributed by atoms with Gasteiger partial charge >= 0.3 is 0 Å². The van der Waals surface area contributed by atoms with E-state index in [0.29, 0.717) is 11.5 Å². The first-order valence-corrected chi connectivity index (χ1v) is 15.5. The smallest absolute Gasteiger partial charge is 0.209 e. The Morgan fingerprint density at radius 3 is 0.696 bits per heavy atom. The molecule has 0 radical (unpaired) electrons. The lowest BCUT2D eigenvalue weighted by molar-refractivity contribution is -0.116. The van der Waals surface area contributed by atoms with Crippen molar-refractivity contribution in [2.24, 2.45) is 0 Å². The quantitative estimate of drug-likeness (QED) is 0.174. The summed E-state index contributed by atoms with van der Waals surface area (Å²) in [6.07, 6.45) is 1.50. The van der Waals surface area contributed by atoms with Gasteiger partial charge in [-0.05, 0) is 44.5 Å². The van der Waals surface area contributed by atoms with Crippen LogP contribution in [0.2, 0.25) is 0 Å². The summed E-state index contributed by atoms with van der Waals surface area (Å²) < 4.78 is 0. The number of hydrogen-bond donors (Lipinski definition) is 2. The van der Waals surface area contributed by atoms with Gasteiger partial charge < -0.3 is 20.0 Å². The molecule has 2 amide bonds. The predicted molar refractivity (Wildman–Crippen MR) is 179 cm³/mol. The van der Waals surface area contributed by atoms with Gasteiger partial charge in [-0.2, -0.15) is 0 Å². The number of carbonyl (C=O) groups excluding carboxylic acids is 2. The molecule has 0 saturated carbocycles. The monoisotopic (exact) mass is 608 g/mol. The van der Waals surface area contributed by atoms with Crippen molar-refractivity contribution in [3.8, 4) is 11.5 Å². The lowest BCUT2D eigenvalue weighted by Gasteiger charge is -2.47. The Morgan fingerprint density at radius 1 is 0.413 bits per heavy atom. The molecule has 230 valence electrons. The summed E-state index contributed by atoms with van der Waals surface area (Å²) >= 11 is 0. The van der Waals surface area contributed by atoms with Crippen LogP contribution in [0.25, 0.3) is 0 Å². The average Bonchev–Trinajstić information content (AvgIpc) is 3.10. The fourth-order valence-electron chi connectivity index (χ4n) is 8.03. The third kappa shape index (κ3) is 4.17. The zero-order chi connectivity index (χ0) is 32.3. The molecule has 6 aliphatic carbocycles. The minimum absolute atomic E-state index is 0.0838. The van der Waals surface area contributed by atoms with Gasteiger partial charge in [0.1, 0.15) is 11.5 Å². The van der Waals surface area contributed by atoms with Crippen molar-refractivity contribution in [1.29, 1.82) is 0 Å². The average molecular weight is 609 g/mol. The summed E-state index contributed by atoms with van der Waals surface area (Å²) in [6.45, 7) is 0. The van der Waals surface area contributed by atoms with Crippen LogP contribution in [0.4, 0.5) is 0 Å². The summed E-state index contributed by atoms with van der Waals surface area (Å²) in [4.78, 5) is 21.8. The van der Waals surface area contributed by atoms with Crippen molar-refractivity contribution in [1.82, 2.24) is 9.80 Å². The molecule has 11 rings (SSSR count). The number of phenolic OH excluding ortho intramolecular Hbond substituents is 2. The summed E-state index contributed by atoms with van der Waals surface area (Å²) in [6, 6.07) is 34.3. The summed E-state index contributed by atoms with van der Waals surface area (Å²) in [5.74, 6) is 0.407. The van der Waals surface area contributed by atoms with Gasteiger partial charge in [-0.3, -0.25) is 9.59 Å². The molecule has 5 aromatic rings. The molecule has 0 unspecified atom stereocenters. The third-order valence-electron chi connectivity index (χ3n) is 9.65. The number of aromatic hydroxyl groups is 2. The number of benzene rings is 5. The highest BCUT2D eigenvalue weighted by molar-refractivity contribution is 5.81. The molecule has 0 spiro atoms. The Bertz CT molecular complexity index is 1650. The van der Waals surface area contributed by atoms with E-state index < -0.39 is 0 Å². The molecule has 0 atom stereocenters.